The van der Waals surface area contributed by atoms with Gasteiger partial charge in [0, 0.05) is 5.75 Å². The molecule has 18 heavy (non-hydrogen) atoms. The van der Waals surface area contributed by atoms with Gasteiger partial charge in [0.1, 0.15) is 4.38 Å². The van der Waals surface area contributed by atoms with Crippen LogP contribution >= 0.6 is 23.5 Å². The molecule has 1 heterocycles. The third kappa shape index (κ3) is 4.07. The Morgan fingerprint density at radius 2 is 2.28 bits per heavy atom. The smallest absolute Gasteiger partial charge is 0.230 e. The Morgan fingerprint density at radius 3 is 2.94 bits per heavy atom. The zero-order chi connectivity index (χ0) is 12.8. The van der Waals surface area contributed by atoms with Crippen molar-refractivity contribution in [2.75, 3.05) is 18.1 Å². The van der Waals surface area contributed by atoms with Crippen LogP contribution in [0.3, 0.4) is 0 Å². The molecule has 1 N–H and O–H groups in total. The molecular formula is C13H16N2OS2. The predicted octanol–water partition coefficient (Wildman–Crippen LogP) is 2.70. The molecule has 0 spiro atoms. The molecule has 0 saturated heterocycles. The van der Waals surface area contributed by atoms with E-state index in [0.29, 0.717) is 5.75 Å². The highest BCUT2D eigenvalue weighted by atomic mass is 32.2. The highest BCUT2D eigenvalue weighted by Gasteiger charge is 2.12. The average Bonchev–Trinajstić information content (AvgIpc) is 2.90. The molecule has 0 aliphatic carbocycles. The van der Waals surface area contributed by atoms with Crippen molar-refractivity contribution in [1.82, 2.24) is 5.32 Å². The first kappa shape index (κ1) is 13.5. The molecule has 0 radical (unpaired) electrons. The van der Waals surface area contributed by atoms with E-state index in [2.05, 4.69) is 10.3 Å². The van der Waals surface area contributed by atoms with Gasteiger partial charge in [-0.25, -0.2) is 0 Å². The summed E-state index contributed by atoms with van der Waals surface area (Å²) in [4.78, 5) is 16.1. The van der Waals surface area contributed by atoms with E-state index in [4.69, 9.17) is 0 Å². The van der Waals surface area contributed by atoms with Gasteiger partial charge in [0.2, 0.25) is 5.91 Å². The highest BCUT2D eigenvalue weighted by Crippen LogP contribution is 2.22. The average molecular weight is 280 g/mol. The van der Waals surface area contributed by atoms with Crippen molar-refractivity contribution >= 4 is 33.8 Å². The van der Waals surface area contributed by atoms with Gasteiger partial charge in [-0.05, 0) is 12.5 Å². The summed E-state index contributed by atoms with van der Waals surface area (Å²) in [6.07, 6.45) is 0. The number of thioether (sulfide) groups is 2. The van der Waals surface area contributed by atoms with E-state index >= 15 is 0 Å². The molecule has 0 bridgehead atoms. The second-order valence-electron chi connectivity index (χ2n) is 3.98. The number of nitrogens with zero attached hydrogens (tertiary/aromatic N) is 1. The first-order valence-corrected chi connectivity index (χ1v) is 7.87. The second-order valence-corrected chi connectivity index (χ2v) is 6.29. The number of hydrogen-bond acceptors (Lipinski definition) is 4. The molecule has 1 aliphatic rings. The topological polar surface area (TPSA) is 41.5 Å². The summed E-state index contributed by atoms with van der Waals surface area (Å²) in [6, 6.07) is 10.0. The van der Waals surface area contributed by atoms with Gasteiger partial charge in [0.15, 0.2) is 0 Å². The highest BCUT2D eigenvalue weighted by molar-refractivity contribution is 8.39. The van der Waals surface area contributed by atoms with Gasteiger partial charge in [0.05, 0.1) is 18.3 Å². The summed E-state index contributed by atoms with van der Waals surface area (Å²) in [5.74, 6) is 1.56. The van der Waals surface area contributed by atoms with E-state index in [9.17, 15) is 4.79 Å². The molecule has 1 aromatic rings. The van der Waals surface area contributed by atoms with Crippen LogP contribution in [0.15, 0.2) is 35.3 Å². The minimum absolute atomic E-state index is 0.0532. The molecule has 0 aromatic heterocycles. The largest absolute Gasteiger partial charge is 0.349 e. The first-order valence-electron chi connectivity index (χ1n) is 5.90. The number of rotatable bonds is 4. The van der Waals surface area contributed by atoms with Crippen molar-refractivity contribution in [3.63, 3.8) is 0 Å². The number of carbonyl (C=O) groups is 1. The fourth-order valence-electron chi connectivity index (χ4n) is 1.64. The van der Waals surface area contributed by atoms with E-state index in [-0.39, 0.29) is 11.9 Å². The Labute approximate surface area is 116 Å². The fourth-order valence-corrected chi connectivity index (χ4v) is 3.46. The third-order valence-corrected chi connectivity index (χ3v) is 4.81. The van der Waals surface area contributed by atoms with Gasteiger partial charge in [-0.1, -0.05) is 53.9 Å². The monoisotopic (exact) mass is 280 g/mol. The molecule has 1 amide bonds. The lowest BCUT2D eigenvalue weighted by atomic mass is 10.1. The lowest BCUT2D eigenvalue weighted by Gasteiger charge is -2.13. The van der Waals surface area contributed by atoms with Gasteiger partial charge >= 0.3 is 0 Å². The molecular weight excluding hydrogens is 264 g/mol. The standard InChI is InChI=1S/C13H16N2OS2/c1-10(11-5-3-2-4-6-11)15-12(16)9-18-13-14-7-8-17-13/h2-6,10H,7-9H2,1H3,(H,15,16)/t10-/m0/s1. The molecule has 0 unspecified atom stereocenters. The minimum atomic E-state index is 0.0532. The number of nitrogens with one attached hydrogen (secondary N) is 1. The Kier molecular flexibility index (Phi) is 5.13. The molecule has 2 rings (SSSR count). The van der Waals surface area contributed by atoms with Crippen molar-refractivity contribution in [3.05, 3.63) is 35.9 Å². The lowest BCUT2D eigenvalue weighted by molar-refractivity contribution is -0.119. The second kappa shape index (κ2) is 6.85. The van der Waals surface area contributed by atoms with Gasteiger partial charge in [0.25, 0.3) is 0 Å². The Bertz CT molecular complexity index is 434. The summed E-state index contributed by atoms with van der Waals surface area (Å²) in [6.45, 7) is 2.88. The van der Waals surface area contributed by atoms with Crippen LogP contribution in [0.5, 0.6) is 0 Å². The molecule has 5 heteroatoms. The van der Waals surface area contributed by atoms with Crippen molar-refractivity contribution in [3.8, 4) is 0 Å². The zero-order valence-corrected chi connectivity index (χ0v) is 11.9. The quantitative estimate of drug-likeness (QED) is 0.922. The van der Waals surface area contributed by atoms with Gasteiger partial charge < -0.3 is 5.32 Å². The molecule has 3 nitrogen and oxygen atoms in total. The summed E-state index contributed by atoms with van der Waals surface area (Å²) in [5.41, 5.74) is 1.13. The van der Waals surface area contributed by atoms with Crippen LogP contribution in [0, 0.1) is 0 Å². The van der Waals surface area contributed by atoms with E-state index < -0.39 is 0 Å². The Balaban J connectivity index is 1.77. The van der Waals surface area contributed by atoms with Gasteiger partial charge in [-0.3, -0.25) is 9.79 Å². The normalized spacial score (nSPS) is 16.2. The van der Waals surface area contributed by atoms with Crippen molar-refractivity contribution in [2.45, 2.75) is 13.0 Å². The number of benzene rings is 1. The Morgan fingerprint density at radius 1 is 1.50 bits per heavy atom. The van der Waals surface area contributed by atoms with Crippen molar-refractivity contribution in [2.24, 2.45) is 4.99 Å². The SMILES string of the molecule is C[C@H](NC(=O)CSC1=NCCS1)c1ccccc1. The summed E-state index contributed by atoms with van der Waals surface area (Å²) in [7, 11) is 0. The molecule has 1 atom stereocenters. The van der Waals surface area contributed by atoms with Crippen LogP contribution in [0.4, 0.5) is 0 Å². The maximum absolute atomic E-state index is 11.8. The molecule has 96 valence electrons. The third-order valence-electron chi connectivity index (χ3n) is 2.56. The van der Waals surface area contributed by atoms with Crippen molar-refractivity contribution in [1.29, 1.82) is 0 Å². The van der Waals surface area contributed by atoms with E-state index in [1.807, 2.05) is 37.3 Å². The maximum Gasteiger partial charge on any atom is 0.230 e. The minimum Gasteiger partial charge on any atom is -0.349 e. The number of hydrogen-bond donors (Lipinski definition) is 1. The van der Waals surface area contributed by atoms with Gasteiger partial charge in [-0.2, -0.15) is 0 Å². The van der Waals surface area contributed by atoms with Crippen LogP contribution in [0.2, 0.25) is 0 Å². The number of carbonyl (C=O) groups excluding carboxylic acids is 1. The fraction of sp³-hybridized carbons (Fsp3) is 0.385. The molecule has 1 aromatic carbocycles. The van der Waals surface area contributed by atoms with E-state index in [0.717, 1.165) is 22.2 Å². The first-order chi connectivity index (χ1) is 8.75. The number of aliphatic imine (C=N–C) groups is 1. The Hall–Kier alpha value is -0.940. The zero-order valence-electron chi connectivity index (χ0n) is 10.3. The van der Waals surface area contributed by atoms with E-state index in [1.165, 1.54) is 11.8 Å². The van der Waals surface area contributed by atoms with Crippen LogP contribution in [-0.2, 0) is 4.79 Å². The summed E-state index contributed by atoms with van der Waals surface area (Å²) < 4.78 is 1.04. The van der Waals surface area contributed by atoms with Gasteiger partial charge in [-0.15, -0.1) is 0 Å². The van der Waals surface area contributed by atoms with Crippen LogP contribution in [0.25, 0.3) is 0 Å². The molecule has 1 aliphatic heterocycles. The lowest BCUT2D eigenvalue weighted by Crippen LogP contribution is -2.28. The summed E-state index contributed by atoms with van der Waals surface area (Å²) >= 11 is 3.26. The predicted molar refractivity (Wildman–Crippen MR) is 80.2 cm³/mol. The maximum atomic E-state index is 11.8. The van der Waals surface area contributed by atoms with Crippen molar-refractivity contribution < 1.29 is 4.79 Å². The summed E-state index contributed by atoms with van der Waals surface area (Å²) in [5, 5.41) is 3.00. The van der Waals surface area contributed by atoms with Crippen LogP contribution < -0.4 is 5.32 Å². The van der Waals surface area contributed by atoms with Crippen LogP contribution in [0.1, 0.15) is 18.5 Å². The van der Waals surface area contributed by atoms with E-state index in [1.54, 1.807) is 11.8 Å². The van der Waals surface area contributed by atoms with Crippen LogP contribution in [-0.4, -0.2) is 28.3 Å². The number of amides is 1. The molecule has 0 saturated carbocycles. The molecule has 0 fully saturated rings.